The van der Waals surface area contributed by atoms with Crippen LogP contribution in [0.1, 0.15) is 32.6 Å². The number of carboxylic acid groups (broad SMARTS) is 1. The number of carbonyl (C=O) groups excluding carboxylic acids is 1. The first kappa shape index (κ1) is 15.2. The number of anilines is 1. The summed E-state index contributed by atoms with van der Waals surface area (Å²) in [6, 6.07) is 6.74. The number of nitrogens with one attached hydrogen (secondary N) is 2. The molecule has 1 aliphatic rings. The molecule has 1 aromatic carbocycles. The number of hydrogen-bond acceptors (Lipinski definition) is 3. The number of ether oxygens (including phenoxy) is 1. The van der Waals surface area contributed by atoms with Gasteiger partial charge in [0.2, 0.25) is 0 Å². The van der Waals surface area contributed by atoms with Crippen molar-refractivity contribution in [3.8, 4) is 5.75 Å². The van der Waals surface area contributed by atoms with Gasteiger partial charge in [-0.05, 0) is 38.3 Å². The fourth-order valence-corrected chi connectivity index (χ4v) is 2.48. The average molecular weight is 292 g/mol. The Morgan fingerprint density at radius 3 is 2.62 bits per heavy atom. The predicted molar refractivity (Wildman–Crippen MR) is 78.6 cm³/mol. The van der Waals surface area contributed by atoms with E-state index in [-0.39, 0.29) is 6.42 Å². The first-order valence-electron chi connectivity index (χ1n) is 7.07. The van der Waals surface area contributed by atoms with E-state index in [2.05, 4.69) is 10.6 Å². The van der Waals surface area contributed by atoms with Crippen LogP contribution in [0, 0.1) is 0 Å². The Hall–Kier alpha value is -2.24. The summed E-state index contributed by atoms with van der Waals surface area (Å²) in [5.41, 5.74) is -0.0436. The Labute approximate surface area is 123 Å². The number of benzene rings is 1. The molecular formula is C15H20N2O4. The minimum atomic E-state index is -0.898. The minimum Gasteiger partial charge on any atom is -0.492 e. The highest BCUT2D eigenvalue weighted by molar-refractivity contribution is 5.91. The summed E-state index contributed by atoms with van der Waals surface area (Å²) >= 11 is 0. The smallest absolute Gasteiger partial charge is 0.319 e. The van der Waals surface area contributed by atoms with Gasteiger partial charge in [0.15, 0.2) is 0 Å². The van der Waals surface area contributed by atoms with Gasteiger partial charge >= 0.3 is 12.0 Å². The third-order valence-corrected chi connectivity index (χ3v) is 3.61. The van der Waals surface area contributed by atoms with E-state index in [9.17, 15) is 9.59 Å². The Bertz CT molecular complexity index is 526. The molecule has 114 valence electrons. The van der Waals surface area contributed by atoms with Gasteiger partial charge in [0.1, 0.15) is 5.75 Å². The summed E-state index contributed by atoms with van der Waals surface area (Å²) < 4.78 is 5.44. The molecule has 6 heteroatoms. The van der Waals surface area contributed by atoms with Crippen LogP contribution in [0.15, 0.2) is 24.3 Å². The fourth-order valence-electron chi connectivity index (χ4n) is 2.48. The van der Waals surface area contributed by atoms with Gasteiger partial charge in [-0.15, -0.1) is 0 Å². The second kappa shape index (κ2) is 6.47. The van der Waals surface area contributed by atoms with E-state index in [0.29, 0.717) is 30.9 Å². The van der Waals surface area contributed by atoms with Gasteiger partial charge in [-0.3, -0.25) is 4.79 Å². The molecule has 0 unspecified atom stereocenters. The number of carboxylic acids is 1. The summed E-state index contributed by atoms with van der Waals surface area (Å²) in [6.07, 6.45) is 2.27. The maximum atomic E-state index is 12.1. The molecule has 0 heterocycles. The zero-order valence-corrected chi connectivity index (χ0v) is 12.0. The zero-order valence-electron chi connectivity index (χ0n) is 12.0. The van der Waals surface area contributed by atoms with Crippen molar-refractivity contribution < 1.29 is 19.4 Å². The number of hydrogen-bond donors (Lipinski definition) is 3. The number of amides is 2. The molecule has 3 N–H and O–H groups in total. The van der Waals surface area contributed by atoms with Crippen LogP contribution in [0.25, 0.3) is 0 Å². The van der Waals surface area contributed by atoms with Gasteiger partial charge in [-0.2, -0.15) is 0 Å². The molecule has 0 radical (unpaired) electrons. The van der Waals surface area contributed by atoms with E-state index in [1.807, 2.05) is 13.0 Å². The second-order valence-corrected chi connectivity index (χ2v) is 5.21. The van der Waals surface area contributed by atoms with Crippen molar-refractivity contribution in [1.82, 2.24) is 5.32 Å². The third kappa shape index (κ3) is 3.87. The van der Waals surface area contributed by atoms with Crippen molar-refractivity contribution in [2.75, 3.05) is 11.9 Å². The molecule has 1 aliphatic carbocycles. The number of carbonyl (C=O) groups is 2. The van der Waals surface area contributed by atoms with Crippen molar-refractivity contribution >= 4 is 17.7 Å². The Balaban J connectivity index is 2.00. The van der Waals surface area contributed by atoms with Gasteiger partial charge in [0.25, 0.3) is 0 Å². The van der Waals surface area contributed by atoms with Crippen LogP contribution in [0.3, 0.4) is 0 Å². The minimum absolute atomic E-state index is 0.0481. The van der Waals surface area contributed by atoms with Crippen molar-refractivity contribution in [1.29, 1.82) is 0 Å². The standard InChI is InChI=1S/C15H20N2O4/c1-2-21-12-7-4-3-6-11(12)16-14(20)17-15(8-5-9-15)10-13(18)19/h3-4,6-7H,2,5,8-10H2,1H3,(H,18,19)(H2,16,17,20). The highest BCUT2D eigenvalue weighted by Crippen LogP contribution is 2.35. The third-order valence-electron chi connectivity index (χ3n) is 3.61. The maximum Gasteiger partial charge on any atom is 0.319 e. The van der Waals surface area contributed by atoms with Gasteiger partial charge in [-0.25, -0.2) is 4.79 Å². The molecule has 1 fully saturated rings. The Kier molecular flexibility index (Phi) is 4.67. The van der Waals surface area contributed by atoms with E-state index in [1.54, 1.807) is 18.2 Å². The summed E-state index contributed by atoms with van der Waals surface area (Å²) in [4.78, 5) is 23.0. The van der Waals surface area contributed by atoms with Crippen LogP contribution in [0.2, 0.25) is 0 Å². The molecule has 0 spiro atoms. The SMILES string of the molecule is CCOc1ccccc1NC(=O)NC1(CC(=O)O)CCC1. The summed E-state index contributed by atoms with van der Waals surface area (Å²) in [5.74, 6) is -0.305. The van der Waals surface area contributed by atoms with E-state index in [4.69, 9.17) is 9.84 Å². The topological polar surface area (TPSA) is 87.7 Å². The van der Waals surface area contributed by atoms with Crippen molar-refractivity contribution in [2.24, 2.45) is 0 Å². The van der Waals surface area contributed by atoms with Crippen LogP contribution in [-0.2, 0) is 4.79 Å². The Morgan fingerprint density at radius 1 is 1.33 bits per heavy atom. The normalized spacial score (nSPS) is 15.7. The molecule has 0 atom stereocenters. The first-order valence-corrected chi connectivity index (χ1v) is 7.07. The molecular weight excluding hydrogens is 272 g/mol. The van der Waals surface area contributed by atoms with Crippen LogP contribution in [0.5, 0.6) is 5.75 Å². The van der Waals surface area contributed by atoms with Crippen molar-refractivity contribution in [2.45, 2.75) is 38.1 Å². The van der Waals surface area contributed by atoms with E-state index in [0.717, 1.165) is 6.42 Å². The van der Waals surface area contributed by atoms with Gasteiger partial charge in [0, 0.05) is 0 Å². The summed E-state index contributed by atoms with van der Waals surface area (Å²) in [6.45, 7) is 2.37. The second-order valence-electron chi connectivity index (χ2n) is 5.21. The van der Waals surface area contributed by atoms with E-state index < -0.39 is 17.5 Å². The molecule has 0 saturated heterocycles. The van der Waals surface area contributed by atoms with Gasteiger partial charge in [0.05, 0.1) is 24.3 Å². The molecule has 0 aromatic heterocycles. The lowest BCUT2D eigenvalue weighted by atomic mass is 9.74. The molecule has 2 rings (SSSR count). The van der Waals surface area contributed by atoms with Gasteiger partial charge < -0.3 is 20.5 Å². The lowest BCUT2D eigenvalue weighted by molar-refractivity contribution is -0.139. The number of aliphatic carboxylic acids is 1. The predicted octanol–water partition coefficient (Wildman–Crippen LogP) is 2.60. The highest BCUT2D eigenvalue weighted by Gasteiger charge is 2.40. The molecule has 1 aromatic rings. The van der Waals surface area contributed by atoms with Crippen LogP contribution < -0.4 is 15.4 Å². The number of para-hydroxylation sites is 2. The lowest BCUT2D eigenvalue weighted by Crippen LogP contribution is -2.55. The first-order chi connectivity index (χ1) is 10.0. The molecule has 0 bridgehead atoms. The average Bonchev–Trinajstić information content (AvgIpc) is 2.38. The number of rotatable bonds is 6. The fraction of sp³-hybridized carbons (Fsp3) is 0.467. The molecule has 2 amide bonds. The monoisotopic (exact) mass is 292 g/mol. The van der Waals surface area contributed by atoms with E-state index >= 15 is 0 Å². The van der Waals surface area contributed by atoms with Crippen LogP contribution >= 0.6 is 0 Å². The quantitative estimate of drug-likeness (QED) is 0.752. The van der Waals surface area contributed by atoms with Crippen molar-refractivity contribution in [3.05, 3.63) is 24.3 Å². The lowest BCUT2D eigenvalue weighted by Gasteiger charge is -2.41. The van der Waals surface area contributed by atoms with E-state index in [1.165, 1.54) is 0 Å². The van der Waals surface area contributed by atoms with Crippen LogP contribution in [0.4, 0.5) is 10.5 Å². The molecule has 1 saturated carbocycles. The molecule has 0 aliphatic heterocycles. The maximum absolute atomic E-state index is 12.1. The van der Waals surface area contributed by atoms with Gasteiger partial charge in [-0.1, -0.05) is 12.1 Å². The Morgan fingerprint density at radius 2 is 2.05 bits per heavy atom. The molecule has 6 nitrogen and oxygen atoms in total. The zero-order chi connectivity index (χ0) is 15.3. The summed E-state index contributed by atoms with van der Waals surface area (Å²) in [5, 5.41) is 14.5. The van der Waals surface area contributed by atoms with Crippen molar-refractivity contribution in [3.63, 3.8) is 0 Å². The highest BCUT2D eigenvalue weighted by atomic mass is 16.5. The largest absolute Gasteiger partial charge is 0.492 e. The number of urea groups is 1. The summed E-state index contributed by atoms with van der Waals surface area (Å²) in [7, 11) is 0. The van der Waals surface area contributed by atoms with Crippen LogP contribution in [-0.4, -0.2) is 29.3 Å². The molecule has 21 heavy (non-hydrogen) atoms.